The van der Waals surface area contributed by atoms with Gasteiger partial charge in [-0.2, -0.15) is 12.6 Å². The average Bonchev–Trinajstić information content (AvgIpc) is 3.80. The number of phenolic OH excluding ortho intramolecular Hbond substituents is 1. The fraction of sp³-hybridized carbons (Fsp3) is 0.429. The van der Waals surface area contributed by atoms with Crippen LogP contribution in [0.2, 0.25) is 0 Å². The molecule has 14 N–H and O–H groups in total. The third kappa shape index (κ3) is 17.8. The number of H-pyrrole nitrogens is 1. The number of aromatic amines is 1. The fourth-order valence-corrected chi connectivity index (χ4v) is 6.43. The Morgan fingerprint density at radius 3 is 1.73 bits per heavy atom. The van der Waals surface area contributed by atoms with Gasteiger partial charge < -0.3 is 68.4 Å². The van der Waals surface area contributed by atoms with E-state index in [1.807, 2.05) is 0 Å². The summed E-state index contributed by atoms with van der Waals surface area (Å²) in [4.78, 5) is 124. The van der Waals surface area contributed by atoms with Gasteiger partial charge in [0.2, 0.25) is 41.4 Å². The molecule has 3 aromatic rings. The van der Waals surface area contributed by atoms with Gasteiger partial charge in [0, 0.05) is 43.3 Å². The summed E-state index contributed by atoms with van der Waals surface area (Å²) in [5.41, 5.74) is 6.88. The molecular weight excluding hydrogens is 885 g/mol. The molecule has 23 nitrogen and oxygen atoms in total. The van der Waals surface area contributed by atoms with Gasteiger partial charge in [0.1, 0.15) is 48.0 Å². The quantitative estimate of drug-likeness (QED) is 0.0339. The van der Waals surface area contributed by atoms with Crippen molar-refractivity contribution in [3.8, 4) is 5.75 Å². The van der Waals surface area contributed by atoms with Crippen LogP contribution in [0.25, 0.3) is 0 Å². The predicted octanol–water partition coefficient (Wildman–Crippen LogP) is -2.98. The lowest BCUT2D eigenvalue weighted by atomic mass is 9.99. The number of aromatic nitrogens is 2. The second kappa shape index (κ2) is 26.7. The maximum Gasteiger partial charge on any atom is 0.327 e. The van der Waals surface area contributed by atoms with Crippen LogP contribution in [0, 0.1) is 5.92 Å². The second-order valence-corrected chi connectivity index (χ2v) is 15.8. The number of hydrogen-bond donors (Lipinski definition) is 14. The van der Waals surface area contributed by atoms with Gasteiger partial charge >= 0.3 is 11.9 Å². The van der Waals surface area contributed by atoms with Gasteiger partial charge in [-0.05, 0) is 35.6 Å². The number of amides is 7. The van der Waals surface area contributed by atoms with Gasteiger partial charge in [-0.1, -0.05) is 56.3 Å². The van der Waals surface area contributed by atoms with Crippen LogP contribution in [0.4, 0.5) is 0 Å². The minimum atomic E-state index is -1.55. The first-order chi connectivity index (χ1) is 31.3. The normalized spacial score (nSPS) is 14.2. The number of nitrogens with one attached hydrogen (secondary N) is 8. The number of aliphatic carboxylic acids is 2. The minimum Gasteiger partial charge on any atom is -0.508 e. The first kappa shape index (κ1) is 53.3. The van der Waals surface area contributed by atoms with E-state index in [0.717, 1.165) is 0 Å². The Hall–Kier alpha value is -7.05. The predicted molar refractivity (Wildman–Crippen MR) is 237 cm³/mol. The third-order valence-corrected chi connectivity index (χ3v) is 10.2. The summed E-state index contributed by atoms with van der Waals surface area (Å²) in [6.45, 7) is 1.78. The van der Waals surface area contributed by atoms with E-state index in [1.54, 1.807) is 44.2 Å². The number of carbonyl (C=O) groups is 9. The Kier molecular flexibility index (Phi) is 21.5. The van der Waals surface area contributed by atoms with Crippen molar-refractivity contribution in [2.24, 2.45) is 11.7 Å². The lowest BCUT2D eigenvalue weighted by Gasteiger charge is -2.29. The van der Waals surface area contributed by atoms with E-state index in [0.29, 0.717) is 16.8 Å². The number of aromatic hydroxyl groups is 1. The molecule has 0 aliphatic carbocycles. The van der Waals surface area contributed by atoms with Crippen LogP contribution >= 0.6 is 12.6 Å². The van der Waals surface area contributed by atoms with Crippen LogP contribution in [0.3, 0.4) is 0 Å². The zero-order valence-electron chi connectivity index (χ0n) is 36.1. The van der Waals surface area contributed by atoms with Gasteiger partial charge in [0.05, 0.1) is 19.5 Å². The molecule has 0 saturated heterocycles. The topological polar surface area (TPSA) is 373 Å². The molecule has 3 rings (SSSR count). The molecule has 0 aliphatic rings. The van der Waals surface area contributed by atoms with Crippen molar-refractivity contribution in [2.75, 3.05) is 18.9 Å². The fourth-order valence-electron chi connectivity index (χ4n) is 6.18. The lowest BCUT2D eigenvalue weighted by molar-refractivity contribution is -0.141. The number of hydrogen-bond acceptors (Lipinski definition) is 14. The number of nitrogens with two attached hydrogens (primary N) is 1. The van der Waals surface area contributed by atoms with E-state index in [9.17, 15) is 58.5 Å². The molecular formula is C42H56N10O13S. The Morgan fingerprint density at radius 1 is 0.682 bits per heavy atom. The zero-order valence-corrected chi connectivity index (χ0v) is 37.0. The van der Waals surface area contributed by atoms with E-state index >= 15 is 0 Å². The van der Waals surface area contributed by atoms with Crippen LogP contribution in [-0.2, 0) is 62.4 Å². The molecule has 7 atom stereocenters. The van der Waals surface area contributed by atoms with Crippen LogP contribution in [0.15, 0.2) is 67.1 Å². The van der Waals surface area contributed by atoms with E-state index in [2.05, 4.69) is 59.8 Å². The van der Waals surface area contributed by atoms with E-state index < -0.39 is 127 Å². The highest BCUT2D eigenvalue weighted by Gasteiger charge is 2.35. The Labute approximate surface area is 384 Å². The first-order valence-corrected chi connectivity index (χ1v) is 21.2. The maximum atomic E-state index is 14.2. The summed E-state index contributed by atoms with van der Waals surface area (Å²) in [7, 11) is 0. The Bertz CT molecular complexity index is 2130. The number of phenols is 1. The summed E-state index contributed by atoms with van der Waals surface area (Å²) in [5, 5.41) is 55.1. The number of aliphatic hydroxyl groups excluding tert-OH is 1. The molecule has 0 saturated carbocycles. The highest BCUT2D eigenvalue weighted by molar-refractivity contribution is 7.80. The maximum absolute atomic E-state index is 14.2. The number of imidazole rings is 1. The molecule has 0 unspecified atom stereocenters. The molecule has 7 amide bonds. The van der Waals surface area contributed by atoms with E-state index in [1.165, 1.54) is 36.8 Å². The monoisotopic (exact) mass is 940 g/mol. The lowest BCUT2D eigenvalue weighted by Crippen LogP contribution is -2.61. The molecule has 1 heterocycles. The average molecular weight is 941 g/mol. The van der Waals surface area contributed by atoms with Crippen molar-refractivity contribution in [1.29, 1.82) is 0 Å². The van der Waals surface area contributed by atoms with Crippen molar-refractivity contribution in [1.82, 2.24) is 47.2 Å². The SMILES string of the molecule is CC(C)[C@H](NC(=O)[C@H](Cc1ccc(O)cc1)NC(=O)[C@H](CCC(=O)O)NC(=O)CNC(=O)[C@@H](N)CO)C(=O)N[C@@H](Cc1ccccc1)C(=O)N[C@@H](Cc1cnc[nH]1)C(=O)N[C@@H](CS)C(=O)O. The summed E-state index contributed by atoms with van der Waals surface area (Å²) in [6.07, 6.45) is 1.19. The third-order valence-electron chi connectivity index (χ3n) is 9.84. The van der Waals surface area contributed by atoms with E-state index in [4.69, 9.17) is 10.8 Å². The Balaban J connectivity index is 1.92. The molecule has 66 heavy (non-hydrogen) atoms. The molecule has 2 aromatic carbocycles. The van der Waals surface area contributed by atoms with Crippen molar-refractivity contribution in [3.63, 3.8) is 0 Å². The minimum absolute atomic E-state index is 0.103. The molecule has 0 radical (unpaired) electrons. The molecule has 24 heteroatoms. The number of carboxylic acid groups (broad SMARTS) is 2. The smallest absolute Gasteiger partial charge is 0.327 e. The van der Waals surface area contributed by atoms with Crippen molar-refractivity contribution < 1.29 is 63.6 Å². The second-order valence-electron chi connectivity index (χ2n) is 15.4. The highest BCUT2D eigenvalue weighted by Crippen LogP contribution is 2.14. The number of benzene rings is 2. The summed E-state index contributed by atoms with van der Waals surface area (Å²) < 4.78 is 0. The Morgan fingerprint density at radius 2 is 1.21 bits per heavy atom. The number of thiol groups is 1. The number of nitrogens with zero attached hydrogens (tertiary/aromatic N) is 1. The molecule has 0 spiro atoms. The zero-order chi connectivity index (χ0) is 48.9. The van der Waals surface area contributed by atoms with Gasteiger partial charge in [-0.25, -0.2) is 9.78 Å². The van der Waals surface area contributed by atoms with Crippen LogP contribution in [0.5, 0.6) is 5.75 Å². The summed E-state index contributed by atoms with van der Waals surface area (Å²) in [6, 6.07) is 4.19. The largest absolute Gasteiger partial charge is 0.508 e. The van der Waals surface area contributed by atoms with Gasteiger partial charge in [-0.15, -0.1) is 0 Å². The number of aliphatic hydroxyl groups is 1. The van der Waals surface area contributed by atoms with Crippen LogP contribution in [0.1, 0.15) is 43.5 Å². The van der Waals surface area contributed by atoms with Gasteiger partial charge in [0.25, 0.3) is 0 Å². The molecule has 0 fully saturated rings. The van der Waals surface area contributed by atoms with Crippen molar-refractivity contribution in [2.45, 2.75) is 88.2 Å². The van der Waals surface area contributed by atoms with Crippen molar-refractivity contribution >= 4 is 65.9 Å². The molecule has 358 valence electrons. The number of carboxylic acids is 2. The molecule has 0 bridgehead atoms. The van der Waals surface area contributed by atoms with Crippen LogP contribution in [-0.4, -0.2) is 145 Å². The number of rotatable bonds is 27. The number of carbonyl (C=O) groups excluding carboxylic acids is 7. The first-order valence-electron chi connectivity index (χ1n) is 20.6. The van der Waals surface area contributed by atoms with Crippen molar-refractivity contribution in [3.05, 3.63) is 83.9 Å². The highest BCUT2D eigenvalue weighted by atomic mass is 32.1. The summed E-state index contributed by atoms with van der Waals surface area (Å²) >= 11 is 3.99. The molecule has 0 aliphatic heterocycles. The summed E-state index contributed by atoms with van der Waals surface area (Å²) in [5.74, 6) is -10.0. The van der Waals surface area contributed by atoms with Gasteiger partial charge in [-0.3, -0.25) is 38.4 Å². The van der Waals surface area contributed by atoms with Crippen LogP contribution < -0.4 is 43.0 Å². The van der Waals surface area contributed by atoms with E-state index in [-0.39, 0.29) is 30.8 Å². The standard InChI is InChI=1S/C42H56N10O13S/c1-22(2)35(41(63)50-29(14-23-6-4-3-5-7-23)38(60)49-31(16-25-17-44-21-46-25)39(61)51-32(20-66)42(64)65)52-40(62)30(15-24-8-10-26(54)11-9-24)48-37(59)28(12-13-34(56)57)47-33(55)18-45-36(58)27(43)19-53/h3-11,17,21-22,27-32,35,53-54,66H,12-16,18-20,43H2,1-2H3,(H,44,46)(H,45,58)(H,47,55)(H,48,59)(H,49,60)(H,50,63)(H,51,61)(H,52,62)(H,56,57)(H,64,65)/t27-,28-,29-,30-,31-,32-,35-/m0/s1. The molecule has 1 aromatic heterocycles. The van der Waals surface area contributed by atoms with Gasteiger partial charge in [0.15, 0.2) is 0 Å².